The minimum Gasteiger partial charge on any atom is -0.438 e. The second-order valence-corrected chi connectivity index (χ2v) is 8.97. The van der Waals surface area contributed by atoms with Gasteiger partial charge in [-0.05, 0) is 53.7 Å². The van der Waals surface area contributed by atoms with Crippen molar-refractivity contribution >= 4 is 17.3 Å². The molecule has 1 aromatic carbocycles. The molecule has 162 valence electrons. The van der Waals surface area contributed by atoms with Gasteiger partial charge in [-0.15, -0.1) is 0 Å². The van der Waals surface area contributed by atoms with Crippen LogP contribution in [0.15, 0.2) is 41.1 Å². The molecule has 6 nitrogen and oxygen atoms in total. The Labute approximate surface area is 185 Å². The van der Waals surface area contributed by atoms with Gasteiger partial charge in [0.1, 0.15) is 11.6 Å². The summed E-state index contributed by atoms with van der Waals surface area (Å²) < 4.78 is 19.6. The third-order valence-corrected chi connectivity index (χ3v) is 6.62. The molecule has 1 saturated heterocycles. The van der Waals surface area contributed by atoms with Crippen molar-refractivity contribution in [1.29, 1.82) is 0 Å². The van der Waals surface area contributed by atoms with Gasteiger partial charge in [0.15, 0.2) is 0 Å². The number of ether oxygens (including phenoxy) is 1. The summed E-state index contributed by atoms with van der Waals surface area (Å²) in [7, 11) is 2.14. The Morgan fingerprint density at radius 3 is 2.58 bits per heavy atom. The van der Waals surface area contributed by atoms with E-state index in [1.54, 1.807) is 23.5 Å². The SMILES string of the molecule is CN1CCN(c2nc3c(c(Oc4ccc(F)cc4)n2)CN(Cc2ccsc2)CC3)CC1. The van der Waals surface area contributed by atoms with Gasteiger partial charge in [0.05, 0.1) is 11.3 Å². The number of hydrogen-bond donors (Lipinski definition) is 0. The molecule has 0 atom stereocenters. The van der Waals surface area contributed by atoms with E-state index in [4.69, 9.17) is 14.7 Å². The van der Waals surface area contributed by atoms with Crippen LogP contribution in [0.4, 0.5) is 10.3 Å². The lowest BCUT2D eigenvalue weighted by Crippen LogP contribution is -2.45. The molecule has 0 amide bonds. The fourth-order valence-corrected chi connectivity index (χ4v) is 4.71. The van der Waals surface area contributed by atoms with E-state index in [0.29, 0.717) is 11.6 Å². The van der Waals surface area contributed by atoms with Crippen LogP contribution < -0.4 is 9.64 Å². The van der Waals surface area contributed by atoms with Crippen molar-refractivity contribution in [1.82, 2.24) is 19.8 Å². The van der Waals surface area contributed by atoms with Gasteiger partial charge in [-0.25, -0.2) is 9.37 Å². The van der Waals surface area contributed by atoms with E-state index in [1.165, 1.54) is 17.7 Å². The van der Waals surface area contributed by atoms with Crippen molar-refractivity contribution in [2.45, 2.75) is 19.5 Å². The first-order valence-electron chi connectivity index (χ1n) is 10.6. The van der Waals surface area contributed by atoms with Crippen molar-refractivity contribution in [2.24, 2.45) is 0 Å². The Kier molecular flexibility index (Phi) is 5.85. The van der Waals surface area contributed by atoms with Gasteiger partial charge in [0, 0.05) is 52.2 Å². The Bertz CT molecular complexity index is 1020. The van der Waals surface area contributed by atoms with E-state index in [1.807, 2.05) is 0 Å². The van der Waals surface area contributed by atoms with Gasteiger partial charge < -0.3 is 14.5 Å². The minimum atomic E-state index is -0.280. The molecule has 2 aliphatic rings. The number of halogens is 1. The summed E-state index contributed by atoms with van der Waals surface area (Å²) in [6.07, 6.45) is 0.864. The zero-order valence-electron chi connectivity index (χ0n) is 17.6. The maximum absolute atomic E-state index is 13.4. The maximum atomic E-state index is 13.4. The number of likely N-dealkylation sites (N-methyl/N-ethyl adjacent to an activating group) is 1. The van der Waals surface area contributed by atoms with Gasteiger partial charge in [0.25, 0.3) is 0 Å². The molecule has 0 unspecified atom stereocenters. The van der Waals surface area contributed by atoms with Crippen LogP contribution in [0, 0.1) is 5.82 Å². The van der Waals surface area contributed by atoms with Crippen molar-refractivity contribution in [2.75, 3.05) is 44.7 Å². The lowest BCUT2D eigenvalue weighted by Gasteiger charge is -2.34. The average Bonchev–Trinajstić information content (AvgIpc) is 3.29. The highest BCUT2D eigenvalue weighted by Gasteiger charge is 2.26. The largest absolute Gasteiger partial charge is 0.438 e. The predicted octanol–water partition coefficient (Wildman–Crippen LogP) is 3.78. The minimum absolute atomic E-state index is 0.280. The van der Waals surface area contributed by atoms with Crippen LogP contribution in [0.5, 0.6) is 11.6 Å². The number of fused-ring (bicyclic) bond motifs is 1. The summed E-state index contributed by atoms with van der Waals surface area (Å²) in [6.45, 7) is 6.37. The maximum Gasteiger partial charge on any atom is 0.228 e. The average molecular weight is 440 g/mol. The topological polar surface area (TPSA) is 44.7 Å². The second-order valence-electron chi connectivity index (χ2n) is 8.19. The molecule has 0 N–H and O–H groups in total. The van der Waals surface area contributed by atoms with E-state index in [9.17, 15) is 4.39 Å². The van der Waals surface area contributed by atoms with E-state index in [2.05, 4.69) is 38.6 Å². The van der Waals surface area contributed by atoms with Crippen LogP contribution in [-0.2, 0) is 19.5 Å². The van der Waals surface area contributed by atoms with Gasteiger partial charge in [-0.2, -0.15) is 16.3 Å². The standard InChI is InChI=1S/C23H26FN5OS/c1-27-9-11-29(12-10-27)23-25-21-6-8-28(14-17-7-13-31-16-17)15-20(21)22(26-23)30-19-4-2-18(24)3-5-19/h2-5,7,13,16H,6,8-12,14-15H2,1H3. The predicted molar refractivity (Wildman–Crippen MR) is 120 cm³/mol. The molecule has 2 aliphatic heterocycles. The monoisotopic (exact) mass is 439 g/mol. The van der Waals surface area contributed by atoms with E-state index in [-0.39, 0.29) is 5.82 Å². The van der Waals surface area contributed by atoms with Crippen LogP contribution in [0.2, 0.25) is 0 Å². The van der Waals surface area contributed by atoms with Crippen LogP contribution in [0.25, 0.3) is 0 Å². The molecule has 0 bridgehead atoms. The summed E-state index contributed by atoms with van der Waals surface area (Å²) in [5.74, 6) is 1.62. The van der Waals surface area contributed by atoms with Crippen LogP contribution in [-0.4, -0.2) is 59.5 Å². The van der Waals surface area contributed by atoms with Crippen LogP contribution in [0.3, 0.4) is 0 Å². The third-order valence-electron chi connectivity index (χ3n) is 5.89. The number of piperazine rings is 1. The van der Waals surface area contributed by atoms with Gasteiger partial charge >= 0.3 is 0 Å². The van der Waals surface area contributed by atoms with Gasteiger partial charge in [0.2, 0.25) is 11.8 Å². The summed E-state index contributed by atoms with van der Waals surface area (Å²) in [4.78, 5) is 16.7. The first-order chi connectivity index (χ1) is 15.1. The first kappa shape index (κ1) is 20.4. The highest BCUT2D eigenvalue weighted by atomic mass is 32.1. The zero-order valence-corrected chi connectivity index (χ0v) is 18.4. The summed E-state index contributed by atoms with van der Waals surface area (Å²) in [6, 6.07) is 8.28. The van der Waals surface area contributed by atoms with Crippen molar-refractivity contribution in [3.05, 3.63) is 63.7 Å². The Morgan fingerprint density at radius 1 is 1.03 bits per heavy atom. The number of anilines is 1. The normalized spacial score (nSPS) is 17.5. The molecule has 3 aromatic rings. The van der Waals surface area contributed by atoms with Crippen molar-refractivity contribution in [3.8, 4) is 11.6 Å². The summed E-state index contributed by atoms with van der Waals surface area (Å²) in [5.41, 5.74) is 3.41. The van der Waals surface area contributed by atoms with Gasteiger partial charge in [-0.1, -0.05) is 0 Å². The third kappa shape index (κ3) is 4.71. The molecule has 0 saturated carbocycles. The molecule has 5 rings (SSSR count). The zero-order chi connectivity index (χ0) is 21.2. The van der Waals surface area contributed by atoms with Crippen molar-refractivity contribution in [3.63, 3.8) is 0 Å². The first-order valence-corrected chi connectivity index (χ1v) is 11.6. The van der Waals surface area contributed by atoms with E-state index in [0.717, 1.165) is 69.4 Å². The van der Waals surface area contributed by atoms with Gasteiger partial charge in [-0.3, -0.25) is 4.90 Å². The van der Waals surface area contributed by atoms with Crippen molar-refractivity contribution < 1.29 is 9.13 Å². The number of rotatable bonds is 5. The smallest absolute Gasteiger partial charge is 0.228 e. The molecule has 31 heavy (non-hydrogen) atoms. The highest BCUT2D eigenvalue weighted by molar-refractivity contribution is 7.07. The molecule has 8 heteroatoms. The second kappa shape index (κ2) is 8.90. The lowest BCUT2D eigenvalue weighted by atomic mass is 10.1. The lowest BCUT2D eigenvalue weighted by molar-refractivity contribution is 0.238. The number of aromatic nitrogens is 2. The number of thiophene rings is 1. The molecule has 0 spiro atoms. The fourth-order valence-electron chi connectivity index (χ4n) is 4.05. The summed E-state index contributed by atoms with van der Waals surface area (Å²) in [5, 5.41) is 4.31. The van der Waals surface area contributed by atoms with E-state index >= 15 is 0 Å². The fraction of sp³-hybridized carbons (Fsp3) is 0.391. The molecule has 2 aromatic heterocycles. The Hall–Kier alpha value is -2.55. The molecule has 0 radical (unpaired) electrons. The quantitative estimate of drug-likeness (QED) is 0.603. The molecule has 1 fully saturated rings. The van der Waals surface area contributed by atoms with Crippen LogP contribution >= 0.6 is 11.3 Å². The molecular weight excluding hydrogens is 413 g/mol. The number of hydrogen-bond acceptors (Lipinski definition) is 7. The Morgan fingerprint density at radius 2 is 1.84 bits per heavy atom. The number of nitrogens with zero attached hydrogens (tertiary/aromatic N) is 5. The van der Waals surface area contributed by atoms with Crippen LogP contribution in [0.1, 0.15) is 16.8 Å². The molecule has 0 aliphatic carbocycles. The Balaban J connectivity index is 1.45. The van der Waals surface area contributed by atoms with E-state index < -0.39 is 0 Å². The number of benzene rings is 1. The molecule has 4 heterocycles. The molecular formula is C23H26FN5OS. The summed E-state index contributed by atoms with van der Waals surface area (Å²) >= 11 is 1.72. The highest BCUT2D eigenvalue weighted by Crippen LogP contribution is 2.32.